The van der Waals surface area contributed by atoms with Crippen LogP contribution >= 0.6 is 0 Å². The van der Waals surface area contributed by atoms with Crippen LogP contribution in [0.3, 0.4) is 0 Å². The van der Waals surface area contributed by atoms with E-state index in [-0.39, 0.29) is 6.10 Å². The monoisotopic (exact) mass is 426 g/mol. The van der Waals surface area contributed by atoms with Crippen molar-refractivity contribution in [1.82, 2.24) is 9.97 Å². The lowest BCUT2D eigenvalue weighted by atomic mass is 10.0. The largest absolute Gasteiger partial charge is 0.490 e. The maximum Gasteiger partial charge on any atom is 0.159 e. The van der Waals surface area contributed by atoms with Gasteiger partial charge in [-0.3, -0.25) is 0 Å². The van der Waals surface area contributed by atoms with E-state index in [1.165, 1.54) is 50.5 Å². The van der Waals surface area contributed by atoms with Crippen LogP contribution in [0.1, 0.15) is 96.5 Å². The van der Waals surface area contributed by atoms with E-state index in [2.05, 4.69) is 41.2 Å². The molecule has 1 unspecified atom stereocenters. The van der Waals surface area contributed by atoms with E-state index in [0.717, 1.165) is 62.3 Å². The zero-order valence-corrected chi connectivity index (χ0v) is 19.7. The van der Waals surface area contributed by atoms with Crippen LogP contribution in [0.25, 0.3) is 11.4 Å². The fourth-order valence-corrected chi connectivity index (χ4v) is 3.73. The molecular formula is C27H42N2O2. The average Bonchev–Trinajstić information content (AvgIpc) is 2.78. The second kappa shape index (κ2) is 15.8. The molecule has 31 heavy (non-hydrogen) atoms. The molecule has 0 saturated heterocycles. The van der Waals surface area contributed by atoms with Crippen molar-refractivity contribution in [3.05, 3.63) is 42.2 Å². The molecule has 0 radical (unpaired) electrons. The Kier molecular flexibility index (Phi) is 12.9. The second-order valence-electron chi connectivity index (χ2n) is 8.71. The highest BCUT2D eigenvalue weighted by Gasteiger charge is 2.03. The molecule has 0 saturated carbocycles. The lowest BCUT2D eigenvalue weighted by Gasteiger charge is -2.07. The van der Waals surface area contributed by atoms with E-state index < -0.39 is 0 Å². The van der Waals surface area contributed by atoms with Crippen LogP contribution in [0, 0.1) is 0 Å². The van der Waals surface area contributed by atoms with Crippen molar-refractivity contribution in [3.8, 4) is 17.1 Å². The molecule has 0 aliphatic heterocycles. The third-order valence-electron chi connectivity index (χ3n) is 5.69. The van der Waals surface area contributed by atoms with Crippen LogP contribution in [-0.2, 0) is 6.42 Å². The predicted molar refractivity (Wildman–Crippen MR) is 129 cm³/mol. The van der Waals surface area contributed by atoms with Gasteiger partial charge in [0.1, 0.15) is 0 Å². The third kappa shape index (κ3) is 11.3. The molecule has 0 aliphatic rings. The molecule has 172 valence electrons. The van der Waals surface area contributed by atoms with Gasteiger partial charge in [0.15, 0.2) is 11.6 Å². The van der Waals surface area contributed by atoms with Gasteiger partial charge in [-0.2, -0.15) is 0 Å². The van der Waals surface area contributed by atoms with Crippen LogP contribution in [0.2, 0.25) is 0 Å². The summed E-state index contributed by atoms with van der Waals surface area (Å²) < 4.78 is 5.80. The van der Waals surface area contributed by atoms with Gasteiger partial charge in [0.25, 0.3) is 0 Å². The number of hydrogen-bond acceptors (Lipinski definition) is 4. The summed E-state index contributed by atoms with van der Waals surface area (Å²) in [5.74, 6) is 1.49. The molecule has 4 nitrogen and oxygen atoms in total. The SMILES string of the molecule is CCCCCCCCCCOc1cnc(-c2ccc(CCCCCC(C)O)cc2)nc1. The van der Waals surface area contributed by atoms with Gasteiger partial charge in [-0.25, -0.2) is 9.97 Å². The molecule has 0 amide bonds. The summed E-state index contributed by atoms with van der Waals surface area (Å²) >= 11 is 0. The number of aryl methyl sites for hydroxylation is 1. The summed E-state index contributed by atoms with van der Waals surface area (Å²) in [5.41, 5.74) is 2.37. The number of benzene rings is 1. The van der Waals surface area contributed by atoms with Crippen LogP contribution < -0.4 is 4.74 Å². The number of hydrogen-bond donors (Lipinski definition) is 1. The van der Waals surface area contributed by atoms with Crippen molar-refractivity contribution in [3.63, 3.8) is 0 Å². The molecule has 1 aromatic carbocycles. The summed E-state index contributed by atoms with van der Waals surface area (Å²) in [4.78, 5) is 8.96. The first-order valence-corrected chi connectivity index (χ1v) is 12.4. The number of ether oxygens (including phenoxy) is 1. The van der Waals surface area contributed by atoms with Crippen molar-refractivity contribution in [2.45, 2.75) is 103 Å². The zero-order valence-electron chi connectivity index (χ0n) is 19.7. The minimum atomic E-state index is -0.179. The maximum absolute atomic E-state index is 9.31. The molecule has 0 aliphatic carbocycles. The Hall–Kier alpha value is -1.94. The topological polar surface area (TPSA) is 55.2 Å². The minimum absolute atomic E-state index is 0.179. The lowest BCUT2D eigenvalue weighted by molar-refractivity contribution is 0.180. The number of aliphatic hydroxyl groups excluding tert-OH is 1. The predicted octanol–water partition coefficient (Wildman–Crippen LogP) is 7.15. The Morgan fingerprint density at radius 2 is 1.42 bits per heavy atom. The fourth-order valence-electron chi connectivity index (χ4n) is 3.73. The van der Waals surface area contributed by atoms with Crippen molar-refractivity contribution < 1.29 is 9.84 Å². The van der Waals surface area contributed by atoms with E-state index in [1.54, 1.807) is 12.4 Å². The summed E-state index contributed by atoms with van der Waals surface area (Å²) in [6, 6.07) is 8.53. The maximum atomic E-state index is 9.31. The van der Waals surface area contributed by atoms with Gasteiger partial charge in [-0.15, -0.1) is 0 Å². The van der Waals surface area contributed by atoms with Gasteiger partial charge in [0, 0.05) is 5.56 Å². The fraction of sp³-hybridized carbons (Fsp3) is 0.630. The van der Waals surface area contributed by atoms with Crippen molar-refractivity contribution in [1.29, 1.82) is 0 Å². The first kappa shape index (κ1) is 25.3. The van der Waals surface area contributed by atoms with E-state index in [4.69, 9.17) is 4.74 Å². The van der Waals surface area contributed by atoms with Gasteiger partial charge in [-0.1, -0.05) is 89.0 Å². The number of aromatic nitrogens is 2. The van der Waals surface area contributed by atoms with Gasteiger partial charge < -0.3 is 9.84 Å². The molecule has 1 N–H and O–H groups in total. The second-order valence-corrected chi connectivity index (χ2v) is 8.71. The molecule has 1 heterocycles. The summed E-state index contributed by atoms with van der Waals surface area (Å²) in [5, 5.41) is 9.31. The Morgan fingerprint density at radius 1 is 0.806 bits per heavy atom. The molecule has 2 rings (SSSR count). The molecule has 0 spiro atoms. The molecule has 1 aromatic heterocycles. The zero-order chi connectivity index (χ0) is 22.2. The normalized spacial score (nSPS) is 12.1. The van der Waals surface area contributed by atoms with Crippen LogP contribution in [0.4, 0.5) is 0 Å². The Balaban J connectivity index is 1.63. The summed E-state index contributed by atoms with van der Waals surface area (Å²) in [6.07, 6.45) is 19.2. The van der Waals surface area contributed by atoms with E-state index in [1.807, 2.05) is 6.92 Å². The number of aliphatic hydroxyl groups is 1. The van der Waals surface area contributed by atoms with Crippen LogP contribution in [0.15, 0.2) is 36.7 Å². The highest BCUT2D eigenvalue weighted by Crippen LogP contribution is 2.19. The third-order valence-corrected chi connectivity index (χ3v) is 5.69. The molecular weight excluding hydrogens is 384 g/mol. The number of rotatable bonds is 17. The minimum Gasteiger partial charge on any atom is -0.490 e. The molecule has 0 bridgehead atoms. The van der Waals surface area contributed by atoms with Crippen molar-refractivity contribution >= 4 is 0 Å². The number of unbranched alkanes of at least 4 members (excludes halogenated alkanes) is 9. The highest BCUT2D eigenvalue weighted by atomic mass is 16.5. The van der Waals surface area contributed by atoms with Crippen LogP contribution in [-0.4, -0.2) is 27.8 Å². The van der Waals surface area contributed by atoms with Gasteiger partial charge >= 0.3 is 0 Å². The van der Waals surface area contributed by atoms with Crippen LogP contribution in [0.5, 0.6) is 5.75 Å². The molecule has 0 fully saturated rings. The molecule has 1 atom stereocenters. The van der Waals surface area contributed by atoms with Gasteiger partial charge in [0.05, 0.1) is 25.1 Å². The smallest absolute Gasteiger partial charge is 0.159 e. The first-order valence-electron chi connectivity index (χ1n) is 12.4. The van der Waals surface area contributed by atoms with E-state index in [9.17, 15) is 5.11 Å². The quantitative estimate of drug-likeness (QED) is 0.273. The Labute approximate surface area is 189 Å². The van der Waals surface area contributed by atoms with E-state index in [0.29, 0.717) is 0 Å². The van der Waals surface area contributed by atoms with Crippen molar-refractivity contribution in [2.75, 3.05) is 6.61 Å². The first-order chi connectivity index (χ1) is 15.2. The number of nitrogens with zero attached hydrogens (tertiary/aromatic N) is 2. The van der Waals surface area contributed by atoms with Gasteiger partial charge in [-0.05, 0) is 38.2 Å². The highest BCUT2D eigenvalue weighted by molar-refractivity contribution is 5.55. The van der Waals surface area contributed by atoms with Crippen molar-refractivity contribution in [2.24, 2.45) is 0 Å². The summed E-state index contributed by atoms with van der Waals surface area (Å²) in [7, 11) is 0. The van der Waals surface area contributed by atoms with Gasteiger partial charge in [0.2, 0.25) is 0 Å². The molecule has 4 heteroatoms. The standard InChI is InChI=1S/C27H42N2O2/c1-3-4-5-6-7-8-9-13-20-31-26-21-28-27(29-22-26)25-18-16-24(17-19-25)15-12-10-11-14-23(2)30/h16-19,21-23,30H,3-15,20H2,1-2H3. The Bertz CT molecular complexity index is 683. The molecule has 2 aromatic rings. The Morgan fingerprint density at radius 3 is 2.06 bits per heavy atom. The summed E-state index contributed by atoms with van der Waals surface area (Å²) in [6.45, 7) is 4.86. The average molecular weight is 427 g/mol. The van der Waals surface area contributed by atoms with E-state index >= 15 is 0 Å². The lowest BCUT2D eigenvalue weighted by Crippen LogP contribution is -1.99.